The molecule has 26 heavy (non-hydrogen) atoms. The first-order valence-corrected chi connectivity index (χ1v) is 9.29. The Labute approximate surface area is 179 Å². The van der Waals surface area contributed by atoms with Crippen LogP contribution >= 0.6 is 69.6 Å². The van der Waals surface area contributed by atoms with Gasteiger partial charge in [-0.15, -0.1) is 0 Å². The van der Waals surface area contributed by atoms with E-state index in [4.69, 9.17) is 69.6 Å². The smallest absolute Gasteiger partial charge is 0.148 e. The van der Waals surface area contributed by atoms with Crippen LogP contribution < -0.4 is 0 Å². The minimum absolute atomic E-state index is 0.194. The molecule has 2 aromatic carbocycles. The highest BCUT2D eigenvalue weighted by Gasteiger charge is 2.14. The van der Waals surface area contributed by atoms with Gasteiger partial charge in [-0.2, -0.15) is 5.26 Å². The van der Waals surface area contributed by atoms with Gasteiger partial charge >= 0.3 is 0 Å². The summed E-state index contributed by atoms with van der Waals surface area (Å²) < 4.78 is 0. The Kier molecular flexibility index (Phi) is 5.89. The first-order chi connectivity index (χ1) is 12.3. The monoisotopic (exact) mass is 460 g/mol. The van der Waals surface area contributed by atoms with Gasteiger partial charge in [0.2, 0.25) is 0 Å². The summed E-state index contributed by atoms with van der Waals surface area (Å²) in [6.07, 6.45) is 0. The van der Waals surface area contributed by atoms with Crippen molar-refractivity contribution in [1.29, 1.82) is 5.26 Å². The zero-order valence-corrected chi connectivity index (χ0v) is 17.2. The van der Waals surface area contributed by atoms with Gasteiger partial charge in [0, 0.05) is 11.1 Å². The predicted octanol–water partition coefficient (Wildman–Crippen LogP) is 8.21. The first-order valence-electron chi connectivity index (χ1n) is 7.02. The third-order valence-corrected chi connectivity index (χ3v) is 5.97. The summed E-state index contributed by atoms with van der Waals surface area (Å²) in [7, 11) is 0. The second-order valence-electron chi connectivity index (χ2n) is 5.21. The van der Waals surface area contributed by atoms with Gasteiger partial charge in [-0.1, -0.05) is 69.6 Å². The van der Waals surface area contributed by atoms with Crippen LogP contribution in [-0.2, 0) is 0 Å². The standard InChI is InChI=1S/C18H6Cl6N2/c19-11-3-8(4-12(20)17(11)23)10-1-2-15(26-16(10)7-25)9-5-13(21)18(24)14(22)6-9/h1-6H. The third kappa shape index (κ3) is 3.75. The van der Waals surface area contributed by atoms with E-state index in [-0.39, 0.29) is 15.7 Å². The molecule has 0 spiro atoms. The third-order valence-electron chi connectivity index (χ3n) is 3.58. The zero-order valence-electron chi connectivity index (χ0n) is 12.6. The van der Waals surface area contributed by atoms with Crippen LogP contribution in [0.1, 0.15) is 5.69 Å². The predicted molar refractivity (Wildman–Crippen MR) is 110 cm³/mol. The molecule has 0 radical (unpaired) electrons. The van der Waals surface area contributed by atoms with E-state index >= 15 is 0 Å². The fraction of sp³-hybridized carbons (Fsp3) is 0. The van der Waals surface area contributed by atoms with Gasteiger partial charge in [-0.05, 0) is 42.0 Å². The molecule has 1 heterocycles. The van der Waals surface area contributed by atoms with Crippen molar-refractivity contribution in [1.82, 2.24) is 4.98 Å². The van der Waals surface area contributed by atoms with Crippen molar-refractivity contribution in [2.24, 2.45) is 0 Å². The molecular weight excluding hydrogens is 457 g/mol. The van der Waals surface area contributed by atoms with Gasteiger partial charge in [0.05, 0.1) is 35.8 Å². The van der Waals surface area contributed by atoms with Crippen molar-refractivity contribution >= 4 is 69.6 Å². The molecule has 130 valence electrons. The van der Waals surface area contributed by atoms with Crippen molar-refractivity contribution in [2.75, 3.05) is 0 Å². The average molecular weight is 463 g/mol. The van der Waals surface area contributed by atoms with Crippen molar-refractivity contribution in [3.8, 4) is 28.5 Å². The molecule has 0 unspecified atom stereocenters. The zero-order chi connectivity index (χ0) is 19.0. The molecule has 0 aliphatic carbocycles. The second kappa shape index (κ2) is 7.82. The van der Waals surface area contributed by atoms with Crippen LogP contribution in [0.5, 0.6) is 0 Å². The van der Waals surface area contributed by atoms with Crippen LogP contribution in [0.4, 0.5) is 0 Å². The molecule has 0 bridgehead atoms. The summed E-state index contributed by atoms with van der Waals surface area (Å²) in [5, 5.41) is 11.2. The number of hydrogen-bond donors (Lipinski definition) is 0. The highest BCUT2D eigenvalue weighted by Crippen LogP contribution is 2.38. The van der Waals surface area contributed by atoms with Gasteiger partial charge < -0.3 is 0 Å². The fourth-order valence-corrected chi connectivity index (χ4v) is 3.54. The summed E-state index contributed by atoms with van der Waals surface area (Å²) in [4.78, 5) is 4.39. The molecule has 0 saturated carbocycles. The second-order valence-corrected chi connectivity index (χ2v) is 7.60. The molecule has 3 aromatic rings. The number of benzene rings is 2. The summed E-state index contributed by atoms with van der Waals surface area (Å²) in [6.45, 7) is 0. The normalized spacial score (nSPS) is 10.7. The minimum atomic E-state index is 0.194. The lowest BCUT2D eigenvalue weighted by Gasteiger charge is -2.10. The lowest BCUT2D eigenvalue weighted by molar-refractivity contribution is 1.27. The minimum Gasteiger partial charge on any atom is -0.236 e. The van der Waals surface area contributed by atoms with E-state index in [1.807, 2.05) is 0 Å². The van der Waals surface area contributed by atoms with Crippen molar-refractivity contribution in [2.45, 2.75) is 0 Å². The maximum atomic E-state index is 9.52. The van der Waals surface area contributed by atoms with Crippen molar-refractivity contribution < 1.29 is 0 Å². The Morgan fingerprint density at radius 3 is 1.62 bits per heavy atom. The Morgan fingerprint density at radius 2 is 1.15 bits per heavy atom. The molecule has 0 atom stereocenters. The van der Waals surface area contributed by atoms with Gasteiger partial charge in [0.15, 0.2) is 0 Å². The van der Waals surface area contributed by atoms with Crippen LogP contribution in [0.25, 0.3) is 22.4 Å². The topological polar surface area (TPSA) is 36.7 Å². The highest BCUT2D eigenvalue weighted by atomic mass is 35.5. The van der Waals surface area contributed by atoms with Crippen LogP contribution in [0.2, 0.25) is 30.1 Å². The molecule has 8 heteroatoms. The molecule has 0 aliphatic rings. The summed E-state index contributed by atoms with van der Waals surface area (Å²) in [5.74, 6) is 0. The van der Waals surface area contributed by atoms with E-state index in [9.17, 15) is 5.26 Å². The Bertz CT molecular complexity index is 1030. The van der Waals surface area contributed by atoms with Gasteiger partial charge in [0.1, 0.15) is 11.8 Å². The molecule has 3 rings (SSSR count). The number of halogens is 6. The van der Waals surface area contributed by atoms with E-state index in [0.29, 0.717) is 42.5 Å². The summed E-state index contributed by atoms with van der Waals surface area (Å²) in [6, 6.07) is 12.1. The fourth-order valence-electron chi connectivity index (χ4n) is 2.35. The van der Waals surface area contributed by atoms with Gasteiger partial charge in [-0.25, -0.2) is 4.98 Å². The number of pyridine rings is 1. The van der Waals surface area contributed by atoms with Gasteiger partial charge in [0.25, 0.3) is 0 Å². The van der Waals surface area contributed by atoms with E-state index in [1.165, 1.54) is 0 Å². The number of hydrogen-bond acceptors (Lipinski definition) is 2. The van der Waals surface area contributed by atoms with Crippen LogP contribution in [0, 0.1) is 11.3 Å². The highest BCUT2D eigenvalue weighted by molar-refractivity contribution is 6.49. The first kappa shape index (κ1) is 19.6. The lowest BCUT2D eigenvalue weighted by atomic mass is 10.0. The Hall–Kier alpha value is -1.18. The maximum absolute atomic E-state index is 9.52. The van der Waals surface area contributed by atoms with E-state index in [0.717, 1.165) is 0 Å². The van der Waals surface area contributed by atoms with Gasteiger partial charge in [-0.3, -0.25) is 0 Å². The van der Waals surface area contributed by atoms with E-state index in [2.05, 4.69) is 11.1 Å². The molecule has 2 nitrogen and oxygen atoms in total. The Morgan fingerprint density at radius 1 is 0.692 bits per heavy atom. The number of nitriles is 1. The number of aromatic nitrogens is 1. The van der Waals surface area contributed by atoms with Crippen LogP contribution in [-0.4, -0.2) is 4.98 Å². The summed E-state index contributed by atoms with van der Waals surface area (Å²) >= 11 is 36.2. The molecule has 0 fully saturated rings. The quantitative estimate of drug-likeness (QED) is 0.360. The van der Waals surface area contributed by atoms with Crippen molar-refractivity contribution in [3.63, 3.8) is 0 Å². The average Bonchev–Trinajstić information content (AvgIpc) is 2.62. The number of nitrogens with zero attached hydrogens (tertiary/aromatic N) is 2. The van der Waals surface area contributed by atoms with E-state index < -0.39 is 0 Å². The largest absolute Gasteiger partial charge is 0.236 e. The SMILES string of the molecule is N#Cc1nc(-c2cc(Cl)c(Cl)c(Cl)c2)ccc1-c1cc(Cl)c(Cl)c(Cl)c1. The van der Waals surface area contributed by atoms with Crippen LogP contribution in [0.15, 0.2) is 36.4 Å². The lowest BCUT2D eigenvalue weighted by Crippen LogP contribution is -1.93. The number of rotatable bonds is 2. The molecular formula is C18H6Cl6N2. The molecule has 1 aromatic heterocycles. The summed E-state index contributed by atoms with van der Waals surface area (Å²) in [5.41, 5.74) is 2.56. The maximum Gasteiger partial charge on any atom is 0.148 e. The van der Waals surface area contributed by atoms with Crippen LogP contribution in [0.3, 0.4) is 0 Å². The molecule has 0 amide bonds. The van der Waals surface area contributed by atoms with E-state index in [1.54, 1.807) is 36.4 Å². The molecule has 0 N–H and O–H groups in total. The van der Waals surface area contributed by atoms with Crippen molar-refractivity contribution in [3.05, 3.63) is 72.2 Å². The molecule has 0 aliphatic heterocycles. The Balaban J connectivity index is 2.14. The molecule has 0 saturated heterocycles.